The first-order valence-corrected chi connectivity index (χ1v) is 8.57. The molecule has 1 aromatic heterocycles. The topological polar surface area (TPSA) is 64.2 Å². The molecule has 3 rings (SSSR count). The van der Waals surface area contributed by atoms with E-state index < -0.39 is 0 Å². The van der Waals surface area contributed by atoms with E-state index in [1.54, 1.807) is 10.6 Å². The maximum Gasteiger partial charge on any atom is 0.419 e. The van der Waals surface area contributed by atoms with Gasteiger partial charge in [-0.15, -0.1) is 0 Å². The molecule has 130 valence electrons. The normalized spacial score (nSPS) is 11.0. The predicted octanol–water partition coefficient (Wildman–Crippen LogP) is 3.88. The summed E-state index contributed by atoms with van der Waals surface area (Å²) in [6.07, 6.45) is 1.79. The second-order valence-electron chi connectivity index (χ2n) is 6.10. The molecule has 0 atom stereocenters. The summed E-state index contributed by atoms with van der Waals surface area (Å²) in [4.78, 5) is 24.2. The fourth-order valence-electron chi connectivity index (χ4n) is 3.03. The Morgan fingerprint density at radius 3 is 2.76 bits per heavy atom. The van der Waals surface area contributed by atoms with Gasteiger partial charge in [0.05, 0.1) is 5.52 Å². The van der Waals surface area contributed by atoms with Crippen LogP contribution < -0.4 is 11.1 Å². The number of aromatic nitrogens is 1. The maximum absolute atomic E-state index is 12.3. The molecule has 0 saturated heterocycles. The van der Waals surface area contributed by atoms with Crippen LogP contribution in [0.5, 0.6) is 0 Å². The van der Waals surface area contributed by atoms with E-state index in [1.807, 2.05) is 43.3 Å². The van der Waals surface area contributed by atoms with Crippen molar-refractivity contribution in [3.05, 3.63) is 64.1 Å². The average molecular weight is 338 g/mol. The third kappa shape index (κ3) is 3.65. The Morgan fingerprint density at radius 2 is 1.96 bits per heavy atom. The quantitative estimate of drug-likeness (QED) is 0.742. The van der Waals surface area contributed by atoms with Crippen LogP contribution in [0.25, 0.3) is 11.1 Å². The van der Waals surface area contributed by atoms with Gasteiger partial charge in [-0.1, -0.05) is 37.3 Å². The molecular formula is C20H22N2O3. The third-order valence-corrected chi connectivity index (χ3v) is 4.36. The van der Waals surface area contributed by atoms with Crippen LogP contribution in [0.1, 0.15) is 30.9 Å². The molecule has 0 fully saturated rings. The van der Waals surface area contributed by atoms with Gasteiger partial charge in [-0.2, -0.15) is 0 Å². The van der Waals surface area contributed by atoms with Crippen LogP contribution in [0.4, 0.5) is 5.69 Å². The average Bonchev–Trinajstić information content (AvgIpc) is 2.92. The number of para-hydroxylation sites is 3. The zero-order valence-corrected chi connectivity index (χ0v) is 14.5. The van der Waals surface area contributed by atoms with Gasteiger partial charge in [-0.3, -0.25) is 9.36 Å². The number of carbonyl (C=O) groups is 1. The molecule has 3 aromatic rings. The lowest BCUT2D eigenvalue weighted by Crippen LogP contribution is -2.17. The van der Waals surface area contributed by atoms with Crippen molar-refractivity contribution < 1.29 is 9.21 Å². The minimum absolute atomic E-state index is 0.0372. The van der Waals surface area contributed by atoms with Crippen LogP contribution >= 0.6 is 0 Å². The minimum Gasteiger partial charge on any atom is -0.408 e. The first-order valence-electron chi connectivity index (χ1n) is 8.57. The largest absolute Gasteiger partial charge is 0.419 e. The molecule has 0 saturated carbocycles. The lowest BCUT2D eigenvalue weighted by atomic mass is 10.1. The summed E-state index contributed by atoms with van der Waals surface area (Å²) >= 11 is 0. The van der Waals surface area contributed by atoms with Gasteiger partial charge in [0, 0.05) is 18.7 Å². The molecule has 1 heterocycles. The summed E-state index contributed by atoms with van der Waals surface area (Å²) in [6, 6.07) is 13.3. The van der Waals surface area contributed by atoms with E-state index in [4.69, 9.17) is 4.42 Å². The molecule has 1 amide bonds. The van der Waals surface area contributed by atoms with E-state index in [0.717, 1.165) is 28.8 Å². The number of anilines is 1. The van der Waals surface area contributed by atoms with Gasteiger partial charge in [0.1, 0.15) is 0 Å². The molecule has 2 aromatic carbocycles. The van der Waals surface area contributed by atoms with E-state index in [0.29, 0.717) is 25.0 Å². The van der Waals surface area contributed by atoms with Gasteiger partial charge in [-0.05, 0) is 43.0 Å². The smallest absolute Gasteiger partial charge is 0.408 e. The van der Waals surface area contributed by atoms with Crippen LogP contribution in [-0.2, 0) is 17.8 Å². The first-order chi connectivity index (χ1) is 12.1. The Labute approximate surface area is 146 Å². The van der Waals surface area contributed by atoms with Crippen molar-refractivity contribution >= 4 is 22.7 Å². The lowest BCUT2D eigenvalue weighted by Gasteiger charge is -2.13. The van der Waals surface area contributed by atoms with Crippen molar-refractivity contribution in [2.45, 2.75) is 39.7 Å². The number of nitrogens with zero attached hydrogens (tertiary/aromatic N) is 1. The predicted molar refractivity (Wildman–Crippen MR) is 98.9 cm³/mol. The first kappa shape index (κ1) is 17.0. The highest BCUT2D eigenvalue weighted by Gasteiger charge is 2.11. The molecule has 5 heteroatoms. The SMILES string of the molecule is CCc1cccc(C)c1NC(=O)CCCn1c(=O)oc2ccccc21. The highest BCUT2D eigenvalue weighted by Crippen LogP contribution is 2.21. The monoisotopic (exact) mass is 338 g/mol. The molecule has 1 N–H and O–H groups in total. The van der Waals surface area contributed by atoms with E-state index in [1.165, 1.54) is 0 Å². The number of hydrogen-bond donors (Lipinski definition) is 1. The number of fused-ring (bicyclic) bond motifs is 1. The van der Waals surface area contributed by atoms with Gasteiger partial charge in [-0.25, -0.2) is 4.79 Å². The Morgan fingerprint density at radius 1 is 1.16 bits per heavy atom. The third-order valence-electron chi connectivity index (χ3n) is 4.36. The maximum atomic E-state index is 12.3. The number of amides is 1. The zero-order valence-electron chi connectivity index (χ0n) is 14.5. The summed E-state index contributed by atoms with van der Waals surface area (Å²) in [6.45, 7) is 4.52. The number of oxazole rings is 1. The molecule has 5 nitrogen and oxygen atoms in total. The lowest BCUT2D eigenvalue weighted by molar-refractivity contribution is -0.116. The van der Waals surface area contributed by atoms with Crippen molar-refractivity contribution in [2.24, 2.45) is 0 Å². The Kier molecular flexibility index (Phi) is 5.03. The number of nitrogens with one attached hydrogen (secondary N) is 1. The van der Waals surface area contributed by atoms with Gasteiger partial charge >= 0.3 is 5.76 Å². The van der Waals surface area contributed by atoms with Crippen molar-refractivity contribution in [1.29, 1.82) is 0 Å². The van der Waals surface area contributed by atoms with Crippen LogP contribution in [0.15, 0.2) is 51.7 Å². The Balaban J connectivity index is 1.63. The van der Waals surface area contributed by atoms with E-state index in [9.17, 15) is 9.59 Å². The van der Waals surface area contributed by atoms with E-state index in [2.05, 4.69) is 12.2 Å². The molecule has 0 bridgehead atoms. The molecule has 0 unspecified atom stereocenters. The minimum atomic E-state index is -0.381. The van der Waals surface area contributed by atoms with Gasteiger partial charge in [0.15, 0.2) is 5.58 Å². The summed E-state index contributed by atoms with van der Waals surface area (Å²) in [7, 11) is 0. The molecule has 0 aliphatic carbocycles. The van der Waals surface area contributed by atoms with Crippen molar-refractivity contribution in [3.63, 3.8) is 0 Å². The highest BCUT2D eigenvalue weighted by atomic mass is 16.4. The van der Waals surface area contributed by atoms with Crippen LogP contribution in [-0.4, -0.2) is 10.5 Å². The zero-order chi connectivity index (χ0) is 17.8. The van der Waals surface area contributed by atoms with E-state index in [-0.39, 0.29) is 11.7 Å². The Bertz CT molecular complexity index is 953. The number of rotatable bonds is 6. The van der Waals surface area contributed by atoms with Crippen molar-refractivity contribution in [3.8, 4) is 0 Å². The summed E-state index contributed by atoms with van der Waals surface area (Å²) in [5.74, 6) is -0.418. The molecule has 0 aliphatic rings. The molecule has 0 spiro atoms. The van der Waals surface area contributed by atoms with Crippen LogP contribution in [0.2, 0.25) is 0 Å². The standard InChI is InChI=1S/C20H22N2O3/c1-3-15-9-6-8-14(2)19(15)21-18(23)12-7-13-22-16-10-4-5-11-17(16)25-20(22)24/h4-6,8-11H,3,7,12-13H2,1-2H3,(H,21,23). The number of hydrogen-bond acceptors (Lipinski definition) is 3. The number of carbonyl (C=O) groups excluding carboxylic acids is 1. The number of aryl methyl sites for hydroxylation is 3. The number of benzene rings is 2. The fraction of sp³-hybridized carbons (Fsp3) is 0.300. The second kappa shape index (κ2) is 7.38. The van der Waals surface area contributed by atoms with Crippen molar-refractivity contribution in [2.75, 3.05) is 5.32 Å². The van der Waals surface area contributed by atoms with Gasteiger partial charge < -0.3 is 9.73 Å². The molecule has 25 heavy (non-hydrogen) atoms. The van der Waals surface area contributed by atoms with Gasteiger partial charge in [0.25, 0.3) is 0 Å². The molecule has 0 aliphatic heterocycles. The molecule has 0 radical (unpaired) electrons. The second-order valence-corrected chi connectivity index (χ2v) is 6.10. The summed E-state index contributed by atoms with van der Waals surface area (Å²) < 4.78 is 6.78. The van der Waals surface area contributed by atoms with Crippen LogP contribution in [0, 0.1) is 6.92 Å². The summed E-state index contributed by atoms with van der Waals surface area (Å²) in [5.41, 5.74) is 4.43. The van der Waals surface area contributed by atoms with E-state index >= 15 is 0 Å². The molecular weight excluding hydrogens is 316 g/mol. The Hall–Kier alpha value is -2.82. The van der Waals surface area contributed by atoms with Gasteiger partial charge in [0.2, 0.25) is 5.91 Å². The highest BCUT2D eigenvalue weighted by molar-refractivity contribution is 5.92. The van der Waals surface area contributed by atoms with Crippen molar-refractivity contribution in [1.82, 2.24) is 4.57 Å². The fourth-order valence-corrected chi connectivity index (χ4v) is 3.03. The summed E-state index contributed by atoms with van der Waals surface area (Å²) in [5, 5.41) is 3.01. The van der Waals surface area contributed by atoms with Crippen LogP contribution in [0.3, 0.4) is 0 Å².